The van der Waals surface area contributed by atoms with Crippen molar-refractivity contribution in [3.63, 3.8) is 0 Å². The highest BCUT2D eigenvalue weighted by molar-refractivity contribution is 5.75. The Labute approximate surface area is 154 Å². The van der Waals surface area contributed by atoms with E-state index in [4.69, 9.17) is 9.47 Å². The molecule has 0 radical (unpaired) electrons. The van der Waals surface area contributed by atoms with E-state index in [-0.39, 0.29) is 12.4 Å². The second-order valence-corrected chi connectivity index (χ2v) is 6.96. The smallest absolute Gasteiger partial charge is 0.407 e. The van der Waals surface area contributed by atoms with Crippen molar-refractivity contribution in [2.45, 2.75) is 39.2 Å². The number of nitrogens with one attached hydrogen (secondary N) is 1. The van der Waals surface area contributed by atoms with Crippen LogP contribution in [0.3, 0.4) is 0 Å². The molecule has 1 amide bonds. The fraction of sp³-hybridized carbons (Fsp3) is 0.333. The van der Waals surface area contributed by atoms with Crippen molar-refractivity contribution in [2.75, 3.05) is 6.54 Å². The lowest BCUT2D eigenvalue weighted by atomic mass is 10.1. The van der Waals surface area contributed by atoms with Gasteiger partial charge in [-0.25, -0.2) is 4.79 Å². The largest absolute Gasteiger partial charge is 0.444 e. The Kier molecular flexibility index (Phi) is 6.78. The van der Waals surface area contributed by atoms with Crippen molar-refractivity contribution in [2.24, 2.45) is 0 Å². The second kappa shape index (κ2) is 9.04. The first-order chi connectivity index (χ1) is 12.3. The molecule has 138 valence electrons. The Hall–Kier alpha value is -2.82. The molecule has 26 heavy (non-hydrogen) atoms. The normalized spacial score (nSPS) is 10.9. The number of amides is 1. The van der Waals surface area contributed by atoms with E-state index < -0.39 is 11.7 Å². The minimum absolute atomic E-state index is 0.238. The summed E-state index contributed by atoms with van der Waals surface area (Å²) in [5.41, 5.74) is 1.45. The summed E-state index contributed by atoms with van der Waals surface area (Å²) < 4.78 is 10.5. The molecule has 0 heterocycles. The van der Waals surface area contributed by atoms with Crippen molar-refractivity contribution < 1.29 is 19.1 Å². The van der Waals surface area contributed by atoms with Crippen LogP contribution in [0.25, 0.3) is 0 Å². The van der Waals surface area contributed by atoms with Gasteiger partial charge in [0.15, 0.2) is 0 Å². The number of carbonyl (C=O) groups excluding carboxylic acids is 2. The Bertz CT molecular complexity index is 718. The van der Waals surface area contributed by atoms with Crippen molar-refractivity contribution in [3.05, 3.63) is 65.7 Å². The predicted octanol–water partition coefficient (Wildman–Crippen LogP) is 3.90. The highest BCUT2D eigenvalue weighted by atomic mass is 16.6. The molecule has 0 aliphatic rings. The van der Waals surface area contributed by atoms with Gasteiger partial charge in [0.05, 0.1) is 6.42 Å². The van der Waals surface area contributed by atoms with E-state index in [2.05, 4.69) is 5.32 Å². The van der Waals surface area contributed by atoms with Crippen molar-refractivity contribution in [1.29, 1.82) is 0 Å². The van der Waals surface area contributed by atoms with Gasteiger partial charge in [-0.1, -0.05) is 42.5 Å². The molecule has 0 aromatic heterocycles. The van der Waals surface area contributed by atoms with Crippen LogP contribution in [0.4, 0.5) is 4.79 Å². The number of hydrogen-bond acceptors (Lipinski definition) is 4. The molecular weight excluding hydrogens is 330 g/mol. The van der Waals surface area contributed by atoms with E-state index in [1.165, 1.54) is 0 Å². The third-order valence-corrected chi connectivity index (χ3v) is 3.43. The predicted molar refractivity (Wildman–Crippen MR) is 100 cm³/mol. The Morgan fingerprint density at radius 3 is 2.19 bits per heavy atom. The quantitative estimate of drug-likeness (QED) is 0.630. The molecule has 0 fully saturated rings. The SMILES string of the molecule is CC(C)(C)OC(=O)NCCc1ccc(OC(=O)Cc2ccccc2)cc1. The van der Waals surface area contributed by atoms with Gasteiger partial charge in [0.2, 0.25) is 0 Å². The van der Waals surface area contributed by atoms with Crippen LogP contribution in [0, 0.1) is 0 Å². The van der Waals surface area contributed by atoms with Crippen LogP contribution in [-0.4, -0.2) is 24.2 Å². The minimum Gasteiger partial charge on any atom is -0.444 e. The fourth-order valence-electron chi connectivity index (χ4n) is 2.28. The Balaban J connectivity index is 1.75. The molecule has 2 aromatic carbocycles. The van der Waals surface area contributed by atoms with Gasteiger partial charge < -0.3 is 14.8 Å². The molecule has 2 aromatic rings. The zero-order valence-corrected chi connectivity index (χ0v) is 15.5. The molecule has 0 aliphatic carbocycles. The summed E-state index contributed by atoms with van der Waals surface area (Å²) in [5, 5.41) is 2.72. The summed E-state index contributed by atoms with van der Waals surface area (Å²) >= 11 is 0. The summed E-state index contributed by atoms with van der Waals surface area (Å²) in [6, 6.07) is 16.7. The van der Waals surface area contributed by atoms with E-state index in [9.17, 15) is 9.59 Å². The standard InChI is InChI=1S/C21H25NO4/c1-21(2,3)26-20(24)22-14-13-16-9-11-18(12-10-16)25-19(23)15-17-7-5-4-6-8-17/h4-12H,13-15H2,1-3H3,(H,22,24). The van der Waals surface area contributed by atoms with Gasteiger partial charge in [-0.15, -0.1) is 0 Å². The third kappa shape index (κ3) is 7.38. The van der Waals surface area contributed by atoms with Gasteiger partial charge in [-0.05, 0) is 50.5 Å². The number of ether oxygens (including phenoxy) is 2. The highest BCUT2D eigenvalue weighted by Gasteiger charge is 2.15. The van der Waals surface area contributed by atoms with E-state index in [1.807, 2.05) is 63.2 Å². The van der Waals surface area contributed by atoms with Crippen molar-refractivity contribution >= 4 is 12.1 Å². The number of carbonyl (C=O) groups is 2. The average Bonchev–Trinajstić information content (AvgIpc) is 2.55. The summed E-state index contributed by atoms with van der Waals surface area (Å²) in [5.74, 6) is 0.213. The lowest BCUT2D eigenvalue weighted by Gasteiger charge is -2.19. The third-order valence-electron chi connectivity index (χ3n) is 3.43. The number of benzene rings is 2. The number of alkyl carbamates (subject to hydrolysis) is 1. The van der Waals surface area contributed by atoms with Crippen LogP contribution in [-0.2, 0) is 22.4 Å². The first kappa shape index (κ1) is 19.5. The van der Waals surface area contributed by atoms with Gasteiger partial charge in [0, 0.05) is 6.54 Å². The van der Waals surface area contributed by atoms with Gasteiger partial charge >= 0.3 is 12.1 Å². The van der Waals surface area contributed by atoms with Crippen molar-refractivity contribution in [3.8, 4) is 5.75 Å². The molecule has 0 bridgehead atoms. The van der Waals surface area contributed by atoms with Crippen LogP contribution < -0.4 is 10.1 Å². The Morgan fingerprint density at radius 1 is 0.923 bits per heavy atom. The van der Waals surface area contributed by atoms with E-state index in [0.29, 0.717) is 18.7 Å². The second-order valence-electron chi connectivity index (χ2n) is 6.96. The molecule has 5 nitrogen and oxygen atoms in total. The zero-order valence-electron chi connectivity index (χ0n) is 15.5. The van der Waals surface area contributed by atoms with Crippen LogP contribution in [0.15, 0.2) is 54.6 Å². The molecule has 0 saturated carbocycles. The summed E-state index contributed by atoms with van der Waals surface area (Å²) in [6.07, 6.45) is 0.476. The number of hydrogen-bond donors (Lipinski definition) is 1. The van der Waals surface area contributed by atoms with Crippen LogP contribution in [0.5, 0.6) is 5.75 Å². The monoisotopic (exact) mass is 355 g/mol. The van der Waals surface area contributed by atoms with E-state index >= 15 is 0 Å². The van der Waals surface area contributed by atoms with Gasteiger partial charge in [0.1, 0.15) is 11.4 Å². The molecular formula is C21H25NO4. The molecule has 0 spiro atoms. The fourth-order valence-corrected chi connectivity index (χ4v) is 2.28. The van der Waals surface area contributed by atoms with Crippen molar-refractivity contribution in [1.82, 2.24) is 5.32 Å². The van der Waals surface area contributed by atoms with Crippen LogP contribution in [0.2, 0.25) is 0 Å². The lowest BCUT2D eigenvalue weighted by Crippen LogP contribution is -2.33. The van der Waals surface area contributed by atoms with Gasteiger partial charge in [-0.2, -0.15) is 0 Å². The molecule has 0 aliphatic heterocycles. The Morgan fingerprint density at radius 2 is 1.58 bits per heavy atom. The molecule has 2 rings (SSSR count). The molecule has 0 atom stereocenters. The molecule has 0 saturated heterocycles. The maximum absolute atomic E-state index is 11.9. The topological polar surface area (TPSA) is 64.6 Å². The maximum atomic E-state index is 11.9. The van der Waals surface area contributed by atoms with Gasteiger partial charge in [-0.3, -0.25) is 4.79 Å². The molecule has 0 unspecified atom stereocenters. The van der Waals surface area contributed by atoms with Crippen LogP contribution >= 0.6 is 0 Å². The highest BCUT2D eigenvalue weighted by Crippen LogP contribution is 2.14. The first-order valence-electron chi connectivity index (χ1n) is 8.62. The lowest BCUT2D eigenvalue weighted by molar-refractivity contribution is -0.133. The van der Waals surface area contributed by atoms with E-state index in [1.54, 1.807) is 12.1 Å². The van der Waals surface area contributed by atoms with Gasteiger partial charge in [0.25, 0.3) is 0 Å². The maximum Gasteiger partial charge on any atom is 0.407 e. The molecule has 1 N–H and O–H groups in total. The number of rotatable bonds is 6. The zero-order chi connectivity index (χ0) is 19.0. The number of esters is 1. The first-order valence-corrected chi connectivity index (χ1v) is 8.62. The van der Waals surface area contributed by atoms with Crippen LogP contribution in [0.1, 0.15) is 31.9 Å². The van der Waals surface area contributed by atoms with E-state index in [0.717, 1.165) is 11.1 Å². The summed E-state index contributed by atoms with van der Waals surface area (Å²) in [7, 11) is 0. The summed E-state index contributed by atoms with van der Waals surface area (Å²) in [4.78, 5) is 23.5. The summed E-state index contributed by atoms with van der Waals surface area (Å²) in [6.45, 7) is 5.95. The molecule has 5 heteroatoms. The average molecular weight is 355 g/mol. The minimum atomic E-state index is -0.505.